The van der Waals surface area contributed by atoms with Gasteiger partial charge in [-0.2, -0.15) is 0 Å². The number of piperidine rings is 1. The smallest absolute Gasteiger partial charge is 0.222 e. The largest absolute Gasteiger partial charge is 0.341 e. The lowest BCUT2D eigenvalue weighted by molar-refractivity contribution is -0.133. The zero-order valence-electron chi connectivity index (χ0n) is 15.2. The van der Waals surface area contributed by atoms with Gasteiger partial charge in [0.1, 0.15) is 0 Å². The number of hydrogen-bond acceptors (Lipinski definition) is 4. The van der Waals surface area contributed by atoms with Gasteiger partial charge < -0.3 is 10.2 Å². The lowest BCUT2D eigenvalue weighted by Crippen LogP contribution is -2.49. The van der Waals surface area contributed by atoms with Crippen molar-refractivity contribution in [3.8, 4) is 0 Å². The van der Waals surface area contributed by atoms with Crippen LogP contribution in [0.1, 0.15) is 51.9 Å². The molecule has 0 aromatic rings. The van der Waals surface area contributed by atoms with Crippen LogP contribution in [0.15, 0.2) is 0 Å². The lowest BCUT2D eigenvalue weighted by atomic mass is 9.85. The fourth-order valence-corrected chi connectivity index (χ4v) is 5.64. The number of nitrogens with zero attached hydrogens (tertiary/aromatic N) is 1. The van der Waals surface area contributed by atoms with E-state index >= 15 is 0 Å². The highest BCUT2D eigenvalue weighted by Gasteiger charge is 2.37. The number of carbonyl (C=O) groups is 1. The van der Waals surface area contributed by atoms with Gasteiger partial charge in [-0.05, 0) is 50.6 Å². The van der Waals surface area contributed by atoms with Crippen molar-refractivity contribution in [3.05, 3.63) is 0 Å². The fourth-order valence-electron chi connectivity index (χ4n) is 4.16. The number of halogens is 1. The number of sulfone groups is 1. The molecule has 1 N–H and O–H groups in total. The summed E-state index contributed by atoms with van der Waals surface area (Å²) in [7, 11) is -1.31. The van der Waals surface area contributed by atoms with Gasteiger partial charge in [0.15, 0.2) is 9.84 Å². The third-order valence-corrected chi connectivity index (χ3v) is 7.39. The first-order valence-electron chi connectivity index (χ1n) is 8.96. The highest BCUT2D eigenvalue weighted by atomic mass is 35.5. The van der Waals surface area contributed by atoms with E-state index in [9.17, 15) is 13.2 Å². The molecule has 24 heavy (non-hydrogen) atoms. The molecule has 1 heterocycles. The molecule has 2 fully saturated rings. The molecule has 0 aromatic heterocycles. The summed E-state index contributed by atoms with van der Waals surface area (Å²) in [6.07, 6.45) is 7.64. The second-order valence-electron chi connectivity index (χ2n) is 7.51. The minimum Gasteiger partial charge on any atom is -0.341 e. The van der Waals surface area contributed by atoms with Crippen LogP contribution >= 0.6 is 12.4 Å². The number of carbonyl (C=O) groups excluding carboxylic acids is 1. The summed E-state index contributed by atoms with van der Waals surface area (Å²) < 4.78 is 24.1. The van der Waals surface area contributed by atoms with Crippen molar-refractivity contribution < 1.29 is 13.2 Å². The molecule has 2 rings (SSSR count). The Hall–Kier alpha value is -0.330. The second-order valence-corrected chi connectivity index (χ2v) is 9.78. The molecule has 5 nitrogen and oxygen atoms in total. The SMILES string of the molecule is CC(CC(=O)N(C)C1CCCCC1S(C)(=O)=O)C1CCCNC1.Cl. The monoisotopic (exact) mass is 380 g/mol. The van der Waals surface area contributed by atoms with E-state index < -0.39 is 15.1 Å². The van der Waals surface area contributed by atoms with Crippen LogP contribution in [0.25, 0.3) is 0 Å². The average Bonchev–Trinajstić information content (AvgIpc) is 2.54. The Morgan fingerprint density at radius 2 is 1.88 bits per heavy atom. The maximum absolute atomic E-state index is 12.7. The molecule has 4 unspecified atom stereocenters. The van der Waals surface area contributed by atoms with E-state index in [1.165, 1.54) is 19.1 Å². The summed E-state index contributed by atoms with van der Waals surface area (Å²) in [5.74, 6) is 1.000. The molecule has 0 bridgehead atoms. The first kappa shape index (κ1) is 21.7. The van der Waals surface area contributed by atoms with Crippen LogP contribution < -0.4 is 5.32 Å². The highest BCUT2D eigenvalue weighted by molar-refractivity contribution is 7.91. The van der Waals surface area contributed by atoms with Crippen molar-refractivity contribution in [1.82, 2.24) is 10.2 Å². The topological polar surface area (TPSA) is 66.5 Å². The van der Waals surface area contributed by atoms with Gasteiger partial charge in [0, 0.05) is 25.8 Å². The molecular weight excluding hydrogens is 348 g/mol. The van der Waals surface area contributed by atoms with Crippen LogP contribution in [-0.2, 0) is 14.6 Å². The summed E-state index contributed by atoms with van der Waals surface area (Å²) >= 11 is 0. The van der Waals surface area contributed by atoms with Gasteiger partial charge in [-0.15, -0.1) is 12.4 Å². The summed E-state index contributed by atoms with van der Waals surface area (Å²) in [6, 6.07) is -0.150. The summed E-state index contributed by atoms with van der Waals surface area (Å²) in [5, 5.41) is 3.01. The predicted octanol–water partition coefficient (Wildman–Crippen LogP) is 2.25. The summed E-state index contributed by atoms with van der Waals surface area (Å²) in [6.45, 7) is 4.22. The van der Waals surface area contributed by atoms with E-state index in [2.05, 4.69) is 12.2 Å². The highest BCUT2D eigenvalue weighted by Crippen LogP contribution is 2.29. The van der Waals surface area contributed by atoms with Crippen LogP contribution in [0.4, 0.5) is 0 Å². The van der Waals surface area contributed by atoms with E-state index in [0.717, 1.165) is 32.4 Å². The Morgan fingerprint density at radius 1 is 1.21 bits per heavy atom. The van der Waals surface area contributed by atoms with Crippen molar-refractivity contribution in [3.63, 3.8) is 0 Å². The van der Waals surface area contributed by atoms with E-state index in [1.807, 2.05) is 0 Å². The minimum absolute atomic E-state index is 0. The van der Waals surface area contributed by atoms with Gasteiger partial charge in [0.25, 0.3) is 0 Å². The maximum atomic E-state index is 12.7. The van der Waals surface area contributed by atoms with Crippen LogP contribution in [0.3, 0.4) is 0 Å². The predicted molar refractivity (Wildman–Crippen MR) is 100 cm³/mol. The van der Waals surface area contributed by atoms with Crippen LogP contribution in [0.5, 0.6) is 0 Å². The number of rotatable bonds is 5. The number of amides is 1. The van der Waals surface area contributed by atoms with Gasteiger partial charge >= 0.3 is 0 Å². The standard InChI is InChI=1S/C17H32N2O3S.ClH/c1-13(14-7-6-10-18-12-14)11-17(20)19(2)15-8-4-5-9-16(15)23(3,21)22;/h13-16,18H,4-12H2,1-3H3;1H. The first-order valence-corrected chi connectivity index (χ1v) is 10.9. The molecule has 4 atom stereocenters. The summed E-state index contributed by atoms with van der Waals surface area (Å²) in [5.41, 5.74) is 0. The maximum Gasteiger partial charge on any atom is 0.222 e. The molecule has 1 saturated heterocycles. The minimum atomic E-state index is -3.11. The van der Waals surface area contributed by atoms with E-state index in [1.54, 1.807) is 11.9 Å². The molecule has 1 aliphatic heterocycles. The third kappa shape index (κ3) is 5.60. The average molecular weight is 381 g/mol. The second kappa shape index (κ2) is 9.39. The zero-order chi connectivity index (χ0) is 17.0. The molecule has 1 saturated carbocycles. The molecule has 0 radical (unpaired) electrons. The number of nitrogens with one attached hydrogen (secondary N) is 1. The van der Waals surface area contributed by atoms with Gasteiger partial charge in [-0.3, -0.25) is 4.79 Å². The van der Waals surface area contributed by atoms with Gasteiger partial charge in [0.05, 0.1) is 5.25 Å². The molecule has 0 spiro atoms. The Kier molecular flexibility index (Phi) is 8.50. The van der Waals surface area contributed by atoms with E-state index in [-0.39, 0.29) is 24.4 Å². The normalized spacial score (nSPS) is 29.4. The molecule has 1 aliphatic carbocycles. The fraction of sp³-hybridized carbons (Fsp3) is 0.941. The Bertz CT molecular complexity index is 506. The van der Waals surface area contributed by atoms with E-state index in [4.69, 9.17) is 0 Å². The Morgan fingerprint density at radius 3 is 2.46 bits per heavy atom. The summed E-state index contributed by atoms with van der Waals surface area (Å²) in [4.78, 5) is 14.4. The zero-order valence-corrected chi connectivity index (χ0v) is 16.8. The Balaban J connectivity index is 0.00000288. The van der Waals surface area contributed by atoms with Gasteiger partial charge in [0.2, 0.25) is 5.91 Å². The molecule has 0 aromatic carbocycles. The van der Waals surface area contributed by atoms with Crippen molar-refractivity contribution in [2.75, 3.05) is 26.4 Å². The molecule has 1 amide bonds. The lowest BCUT2D eigenvalue weighted by Gasteiger charge is -2.38. The van der Waals surface area contributed by atoms with Gasteiger partial charge in [-0.25, -0.2) is 8.42 Å². The van der Waals surface area contributed by atoms with Gasteiger partial charge in [-0.1, -0.05) is 19.8 Å². The van der Waals surface area contributed by atoms with Crippen LogP contribution in [-0.4, -0.2) is 56.9 Å². The number of hydrogen-bond donors (Lipinski definition) is 1. The van der Waals surface area contributed by atoms with Crippen molar-refractivity contribution >= 4 is 28.2 Å². The van der Waals surface area contributed by atoms with Crippen LogP contribution in [0.2, 0.25) is 0 Å². The molecule has 2 aliphatic rings. The van der Waals surface area contributed by atoms with E-state index in [0.29, 0.717) is 24.7 Å². The molecule has 7 heteroatoms. The molecular formula is C17H33ClN2O3S. The quantitative estimate of drug-likeness (QED) is 0.794. The first-order chi connectivity index (χ1) is 10.8. The van der Waals surface area contributed by atoms with Crippen molar-refractivity contribution in [2.24, 2.45) is 11.8 Å². The molecule has 142 valence electrons. The third-order valence-electron chi connectivity index (χ3n) is 5.74. The Labute approximate surface area is 153 Å². The van der Waals surface area contributed by atoms with Crippen molar-refractivity contribution in [2.45, 2.75) is 63.2 Å². The van der Waals surface area contributed by atoms with Crippen molar-refractivity contribution in [1.29, 1.82) is 0 Å². The van der Waals surface area contributed by atoms with Crippen LogP contribution in [0, 0.1) is 11.8 Å².